The van der Waals surface area contributed by atoms with Gasteiger partial charge in [-0.25, -0.2) is 0 Å². The highest BCUT2D eigenvalue weighted by Crippen LogP contribution is 2.36. The van der Waals surface area contributed by atoms with Gasteiger partial charge in [0.1, 0.15) is 5.75 Å². The first-order valence-corrected chi connectivity index (χ1v) is 7.66. The van der Waals surface area contributed by atoms with E-state index in [0.29, 0.717) is 0 Å². The molecular formula is C15H22BrNO2. The second kappa shape index (κ2) is 6.62. The normalized spacial score (nSPS) is 18.1. The summed E-state index contributed by atoms with van der Waals surface area (Å²) in [6, 6.07) is 5.96. The molecular weight excluding hydrogens is 306 g/mol. The lowest BCUT2D eigenvalue weighted by atomic mass is 9.74. The summed E-state index contributed by atoms with van der Waals surface area (Å²) in [5.74, 6) is 0.832. The third-order valence-corrected chi connectivity index (χ3v) is 4.48. The second-order valence-electron chi connectivity index (χ2n) is 5.45. The maximum Gasteiger partial charge on any atom is 0.122 e. The minimum atomic E-state index is 0.0494. The fourth-order valence-corrected chi connectivity index (χ4v) is 3.24. The number of aliphatic hydroxyl groups is 1. The zero-order valence-electron chi connectivity index (χ0n) is 11.4. The van der Waals surface area contributed by atoms with Crippen LogP contribution in [0.25, 0.3) is 0 Å². The molecule has 19 heavy (non-hydrogen) atoms. The van der Waals surface area contributed by atoms with Gasteiger partial charge in [-0.2, -0.15) is 0 Å². The van der Waals surface area contributed by atoms with Crippen LogP contribution in [0.4, 0.5) is 5.69 Å². The third kappa shape index (κ3) is 3.86. The van der Waals surface area contributed by atoms with E-state index >= 15 is 0 Å². The van der Waals surface area contributed by atoms with E-state index in [-0.39, 0.29) is 12.0 Å². The number of methoxy groups -OCH3 is 1. The maximum absolute atomic E-state index is 9.70. The average molecular weight is 328 g/mol. The predicted octanol–water partition coefficient (Wildman–Crippen LogP) is 3.81. The van der Waals surface area contributed by atoms with Crippen LogP contribution in [0.15, 0.2) is 22.7 Å². The molecule has 1 aromatic rings. The van der Waals surface area contributed by atoms with Crippen LogP contribution in [-0.4, -0.2) is 25.4 Å². The first-order valence-electron chi connectivity index (χ1n) is 6.87. The van der Waals surface area contributed by atoms with Gasteiger partial charge in [0.05, 0.1) is 13.7 Å². The number of benzene rings is 1. The molecule has 1 aliphatic rings. The van der Waals surface area contributed by atoms with Crippen molar-refractivity contribution in [3.05, 3.63) is 22.7 Å². The number of ether oxygens (including phenoxy) is 1. The van der Waals surface area contributed by atoms with Crippen LogP contribution >= 0.6 is 15.9 Å². The van der Waals surface area contributed by atoms with E-state index in [9.17, 15) is 5.11 Å². The maximum atomic E-state index is 9.70. The minimum Gasteiger partial charge on any atom is -0.497 e. The molecule has 0 heterocycles. The van der Waals surface area contributed by atoms with Gasteiger partial charge in [0.2, 0.25) is 0 Å². The summed E-state index contributed by atoms with van der Waals surface area (Å²) < 4.78 is 6.26. The van der Waals surface area contributed by atoms with Crippen LogP contribution in [-0.2, 0) is 0 Å². The van der Waals surface area contributed by atoms with Gasteiger partial charge in [-0.05, 0) is 25.0 Å². The van der Waals surface area contributed by atoms with E-state index in [0.717, 1.165) is 35.3 Å². The number of hydrogen-bond donors (Lipinski definition) is 2. The molecule has 4 heteroatoms. The SMILES string of the molecule is COc1cc(Br)cc(NCC2(CO)CCCCC2)c1. The van der Waals surface area contributed by atoms with Gasteiger partial charge in [-0.1, -0.05) is 35.2 Å². The Balaban J connectivity index is 2.02. The molecule has 0 saturated heterocycles. The summed E-state index contributed by atoms with van der Waals surface area (Å²) in [5.41, 5.74) is 1.08. The highest BCUT2D eigenvalue weighted by atomic mass is 79.9. The van der Waals surface area contributed by atoms with E-state index in [1.54, 1.807) is 7.11 Å². The number of nitrogens with one attached hydrogen (secondary N) is 1. The Labute approximate surface area is 123 Å². The van der Waals surface area contributed by atoms with Crippen LogP contribution in [0.5, 0.6) is 5.75 Å². The monoisotopic (exact) mass is 327 g/mol. The van der Waals surface area contributed by atoms with Gasteiger partial charge in [0, 0.05) is 28.2 Å². The van der Waals surface area contributed by atoms with Crippen molar-refractivity contribution in [1.29, 1.82) is 0 Å². The standard InChI is InChI=1S/C15H22BrNO2/c1-19-14-8-12(16)7-13(9-14)17-10-15(11-18)5-3-2-4-6-15/h7-9,17-18H,2-6,10-11H2,1H3. The summed E-state index contributed by atoms with van der Waals surface area (Å²) in [5, 5.41) is 13.2. The smallest absolute Gasteiger partial charge is 0.122 e. The molecule has 2 N–H and O–H groups in total. The fourth-order valence-electron chi connectivity index (χ4n) is 2.76. The topological polar surface area (TPSA) is 41.5 Å². The van der Waals surface area contributed by atoms with E-state index in [2.05, 4.69) is 21.2 Å². The highest BCUT2D eigenvalue weighted by Gasteiger charge is 2.31. The summed E-state index contributed by atoms with van der Waals surface area (Å²) in [4.78, 5) is 0. The molecule has 0 bridgehead atoms. The molecule has 0 spiro atoms. The van der Waals surface area contributed by atoms with E-state index in [1.165, 1.54) is 19.3 Å². The lowest BCUT2D eigenvalue weighted by molar-refractivity contribution is 0.0944. The Kier molecular flexibility index (Phi) is 5.11. The summed E-state index contributed by atoms with van der Waals surface area (Å²) in [6.07, 6.45) is 5.98. The molecule has 0 aliphatic heterocycles. The summed E-state index contributed by atoms with van der Waals surface area (Å²) >= 11 is 3.48. The lowest BCUT2D eigenvalue weighted by Gasteiger charge is -2.36. The van der Waals surface area contributed by atoms with Gasteiger partial charge in [-0.3, -0.25) is 0 Å². The van der Waals surface area contributed by atoms with Crippen molar-refractivity contribution in [2.24, 2.45) is 5.41 Å². The van der Waals surface area contributed by atoms with Gasteiger partial charge in [0.25, 0.3) is 0 Å². The predicted molar refractivity (Wildman–Crippen MR) is 81.8 cm³/mol. The van der Waals surface area contributed by atoms with Gasteiger partial charge >= 0.3 is 0 Å². The van der Waals surface area contributed by atoms with Crippen molar-refractivity contribution >= 4 is 21.6 Å². The molecule has 1 aromatic carbocycles. The number of anilines is 1. The van der Waals surface area contributed by atoms with Crippen LogP contribution in [0, 0.1) is 5.41 Å². The van der Waals surface area contributed by atoms with Gasteiger partial charge < -0.3 is 15.2 Å². The first kappa shape index (κ1) is 14.7. The summed E-state index contributed by atoms with van der Waals surface area (Å²) in [6.45, 7) is 1.09. The molecule has 0 amide bonds. The Morgan fingerprint density at radius 2 is 2.00 bits per heavy atom. The van der Waals surface area contributed by atoms with E-state index < -0.39 is 0 Å². The van der Waals surface area contributed by atoms with Crippen molar-refractivity contribution in [1.82, 2.24) is 0 Å². The van der Waals surface area contributed by atoms with E-state index in [1.807, 2.05) is 18.2 Å². The zero-order chi connectivity index (χ0) is 13.7. The van der Waals surface area contributed by atoms with Crippen LogP contribution in [0.1, 0.15) is 32.1 Å². The molecule has 1 aliphatic carbocycles. The first-order chi connectivity index (χ1) is 9.17. The number of halogens is 1. The molecule has 1 saturated carbocycles. The Hall–Kier alpha value is -0.740. The van der Waals surface area contributed by atoms with Crippen molar-refractivity contribution in [2.45, 2.75) is 32.1 Å². The second-order valence-corrected chi connectivity index (χ2v) is 6.37. The van der Waals surface area contributed by atoms with Gasteiger partial charge in [0.15, 0.2) is 0 Å². The molecule has 2 rings (SSSR count). The molecule has 3 nitrogen and oxygen atoms in total. The Bertz CT molecular complexity index is 417. The minimum absolute atomic E-state index is 0.0494. The summed E-state index contributed by atoms with van der Waals surface area (Å²) in [7, 11) is 1.67. The Morgan fingerprint density at radius 1 is 1.26 bits per heavy atom. The van der Waals surface area contributed by atoms with Gasteiger partial charge in [-0.15, -0.1) is 0 Å². The largest absolute Gasteiger partial charge is 0.497 e. The molecule has 0 aromatic heterocycles. The average Bonchev–Trinajstić information content (AvgIpc) is 2.45. The molecule has 0 radical (unpaired) electrons. The number of aliphatic hydroxyl groups excluding tert-OH is 1. The molecule has 1 fully saturated rings. The third-order valence-electron chi connectivity index (χ3n) is 4.02. The quantitative estimate of drug-likeness (QED) is 0.864. The number of rotatable bonds is 5. The molecule has 0 unspecified atom stereocenters. The van der Waals surface area contributed by atoms with E-state index in [4.69, 9.17) is 4.74 Å². The van der Waals surface area contributed by atoms with Crippen molar-refractivity contribution in [2.75, 3.05) is 25.6 Å². The van der Waals surface area contributed by atoms with Crippen molar-refractivity contribution in [3.8, 4) is 5.75 Å². The Morgan fingerprint density at radius 3 is 2.63 bits per heavy atom. The van der Waals surface area contributed by atoms with Crippen LogP contribution in [0.2, 0.25) is 0 Å². The van der Waals surface area contributed by atoms with Crippen molar-refractivity contribution in [3.63, 3.8) is 0 Å². The number of hydrogen-bond acceptors (Lipinski definition) is 3. The van der Waals surface area contributed by atoms with Crippen LogP contribution < -0.4 is 10.1 Å². The zero-order valence-corrected chi connectivity index (χ0v) is 13.0. The van der Waals surface area contributed by atoms with Crippen molar-refractivity contribution < 1.29 is 9.84 Å². The van der Waals surface area contributed by atoms with Crippen LogP contribution in [0.3, 0.4) is 0 Å². The lowest BCUT2D eigenvalue weighted by Crippen LogP contribution is -2.35. The molecule has 0 atom stereocenters. The highest BCUT2D eigenvalue weighted by molar-refractivity contribution is 9.10. The fraction of sp³-hybridized carbons (Fsp3) is 0.600. The molecule has 106 valence electrons.